The molecule has 0 spiro atoms. The van der Waals surface area contributed by atoms with Gasteiger partial charge in [-0.3, -0.25) is 0 Å². The Morgan fingerprint density at radius 3 is 2.47 bits per heavy atom. The molecule has 0 aliphatic rings. The van der Waals surface area contributed by atoms with Crippen LogP contribution in [-0.4, -0.2) is 24.4 Å². The number of anilines is 1. The molecule has 1 aromatic rings. The first-order chi connectivity index (χ1) is 8.78. The highest BCUT2D eigenvalue weighted by atomic mass is 19.4. The van der Waals surface area contributed by atoms with Gasteiger partial charge in [-0.2, -0.15) is 18.4 Å². The molecule has 1 rings (SSSR count). The molecule has 0 bridgehead atoms. The normalized spacial score (nSPS) is 12.9. The van der Waals surface area contributed by atoms with Gasteiger partial charge in [-0.1, -0.05) is 6.07 Å². The van der Waals surface area contributed by atoms with E-state index < -0.39 is 18.8 Å². The first-order valence-electron chi connectivity index (χ1n) is 5.82. The summed E-state index contributed by atoms with van der Waals surface area (Å²) in [6.07, 6.45) is -5.24. The van der Waals surface area contributed by atoms with Gasteiger partial charge in [0.05, 0.1) is 17.7 Å². The minimum Gasteiger partial charge on any atom is -0.389 e. The van der Waals surface area contributed by atoms with Crippen molar-refractivity contribution in [1.82, 2.24) is 0 Å². The second kappa shape index (κ2) is 5.93. The van der Waals surface area contributed by atoms with Crippen LogP contribution >= 0.6 is 0 Å². The maximum Gasteiger partial charge on any atom is 0.405 e. The van der Waals surface area contributed by atoms with Crippen molar-refractivity contribution in [3.05, 3.63) is 29.3 Å². The van der Waals surface area contributed by atoms with Gasteiger partial charge in [0.25, 0.3) is 0 Å². The molecule has 0 radical (unpaired) electrons. The lowest BCUT2D eigenvalue weighted by Crippen LogP contribution is -2.34. The Morgan fingerprint density at radius 2 is 2.05 bits per heavy atom. The standard InChI is InChI=1S/C13H15F3N2O/c1-3-18(8-13(14,15)16)12-6-10(7-17)4-5-11(12)9(2)19/h4-6,9,19H,3,8H2,1-2H3/t9-/m1/s1. The fourth-order valence-electron chi connectivity index (χ4n) is 1.82. The number of rotatable bonds is 4. The molecule has 0 heterocycles. The number of aliphatic hydroxyl groups excluding tert-OH is 1. The van der Waals surface area contributed by atoms with E-state index in [1.54, 1.807) is 6.92 Å². The minimum absolute atomic E-state index is 0.133. The largest absolute Gasteiger partial charge is 0.405 e. The summed E-state index contributed by atoms with van der Waals surface area (Å²) in [5.41, 5.74) is 0.888. The summed E-state index contributed by atoms with van der Waals surface area (Å²) >= 11 is 0. The Kier molecular flexibility index (Phi) is 4.78. The molecule has 0 fully saturated rings. The van der Waals surface area contributed by atoms with Crippen LogP contribution in [0.15, 0.2) is 18.2 Å². The highest BCUT2D eigenvalue weighted by Gasteiger charge is 2.31. The fourth-order valence-corrected chi connectivity index (χ4v) is 1.82. The summed E-state index contributed by atoms with van der Waals surface area (Å²) in [7, 11) is 0. The number of nitrogens with zero attached hydrogens (tertiary/aromatic N) is 2. The van der Waals surface area contributed by atoms with Crippen LogP contribution in [0.1, 0.15) is 31.1 Å². The maximum atomic E-state index is 12.5. The average molecular weight is 272 g/mol. The zero-order valence-corrected chi connectivity index (χ0v) is 10.7. The Morgan fingerprint density at radius 1 is 1.42 bits per heavy atom. The third-order valence-corrected chi connectivity index (χ3v) is 2.70. The zero-order valence-electron chi connectivity index (χ0n) is 10.7. The van der Waals surface area contributed by atoms with E-state index >= 15 is 0 Å². The molecular formula is C13H15F3N2O. The van der Waals surface area contributed by atoms with Gasteiger partial charge in [0.15, 0.2) is 0 Å². The van der Waals surface area contributed by atoms with E-state index in [0.29, 0.717) is 5.56 Å². The average Bonchev–Trinajstić information content (AvgIpc) is 2.33. The number of aliphatic hydroxyl groups is 1. The van der Waals surface area contributed by atoms with Gasteiger partial charge >= 0.3 is 6.18 Å². The predicted molar refractivity (Wildman–Crippen MR) is 65.7 cm³/mol. The van der Waals surface area contributed by atoms with Crippen LogP contribution < -0.4 is 4.90 Å². The lowest BCUT2D eigenvalue weighted by molar-refractivity contribution is -0.119. The molecule has 0 aliphatic heterocycles. The number of alkyl halides is 3. The third-order valence-electron chi connectivity index (χ3n) is 2.70. The fraction of sp³-hybridized carbons (Fsp3) is 0.462. The van der Waals surface area contributed by atoms with Crippen molar-refractivity contribution >= 4 is 5.69 Å². The van der Waals surface area contributed by atoms with Crippen LogP contribution in [-0.2, 0) is 0 Å². The van der Waals surface area contributed by atoms with Crippen LogP contribution in [0.25, 0.3) is 0 Å². The van der Waals surface area contributed by atoms with Crippen LogP contribution in [0.4, 0.5) is 18.9 Å². The summed E-state index contributed by atoms with van der Waals surface area (Å²) < 4.78 is 37.6. The second-order valence-electron chi connectivity index (χ2n) is 4.19. The molecule has 104 valence electrons. The molecule has 0 amide bonds. The van der Waals surface area contributed by atoms with Crippen molar-refractivity contribution < 1.29 is 18.3 Å². The lowest BCUT2D eigenvalue weighted by atomic mass is 10.0. The van der Waals surface area contributed by atoms with Gasteiger partial charge in [-0.25, -0.2) is 0 Å². The van der Waals surface area contributed by atoms with E-state index in [-0.39, 0.29) is 17.8 Å². The van der Waals surface area contributed by atoms with Crippen LogP contribution in [0.5, 0.6) is 0 Å². The van der Waals surface area contributed by atoms with Crippen molar-refractivity contribution in [2.75, 3.05) is 18.0 Å². The first kappa shape index (κ1) is 15.3. The summed E-state index contributed by atoms with van der Waals surface area (Å²) in [6.45, 7) is 2.09. The topological polar surface area (TPSA) is 47.3 Å². The van der Waals surface area contributed by atoms with Crippen LogP contribution in [0.2, 0.25) is 0 Å². The quantitative estimate of drug-likeness (QED) is 0.916. The molecule has 3 nitrogen and oxygen atoms in total. The number of nitriles is 1. The molecule has 0 aromatic heterocycles. The summed E-state index contributed by atoms with van der Waals surface area (Å²) in [6, 6.07) is 6.22. The van der Waals surface area contributed by atoms with Crippen LogP contribution in [0.3, 0.4) is 0 Å². The number of hydrogen-bond acceptors (Lipinski definition) is 3. The van der Waals surface area contributed by atoms with Crippen molar-refractivity contribution in [2.24, 2.45) is 0 Å². The Bertz CT molecular complexity index is 478. The predicted octanol–water partition coefficient (Wildman–Crippen LogP) is 3.00. The van der Waals surface area contributed by atoms with Gasteiger partial charge in [0.2, 0.25) is 0 Å². The molecule has 6 heteroatoms. The molecule has 1 aromatic carbocycles. The Hall–Kier alpha value is -1.74. The van der Waals surface area contributed by atoms with Crippen molar-refractivity contribution in [2.45, 2.75) is 26.1 Å². The molecule has 0 aliphatic carbocycles. The Balaban J connectivity index is 3.24. The van der Waals surface area contributed by atoms with Crippen molar-refractivity contribution in [1.29, 1.82) is 5.26 Å². The van der Waals surface area contributed by atoms with Gasteiger partial charge in [-0.05, 0) is 26.0 Å². The van der Waals surface area contributed by atoms with Crippen LogP contribution in [0, 0.1) is 11.3 Å². The smallest absolute Gasteiger partial charge is 0.389 e. The maximum absolute atomic E-state index is 12.5. The molecule has 0 saturated carbocycles. The number of hydrogen-bond donors (Lipinski definition) is 1. The molecular weight excluding hydrogens is 257 g/mol. The van der Waals surface area contributed by atoms with E-state index in [4.69, 9.17) is 5.26 Å². The molecule has 19 heavy (non-hydrogen) atoms. The summed E-state index contributed by atoms with van der Waals surface area (Å²) in [4.78, 5) is 1.10. The lowest BCUT2D eigenvalue weighted by Gasteiger charge is -2.27. The zero-order chi connectivity index (χ0) is 14.6. The highest BCUT2D eigenvalue weighted by molar-refractivity contribution is 5.58. The third kappa shape index (κ3) is 4.14. The molecule has 0 saturated heterocycles. The number of halogens is 3. The van der Waals surface area contributed by atoms with Gasteiger partial charge in [0, 0.05) is 17.8 Å². The monoisotopic (exact) mass is 272 g/mol. The first-order valence-corrected chi connectivity index (χ1v) is 5.82. The van der Waals surface area contributed by atoms with E-state index in [1.807, 2.05) is 6.07 Å². The summed E-state index contributed by atoms with van der Waals surface area (Å²) in [5, 5.41) is 18.4. The van der Waals surface area contributed by atoms with Gasteiger partial charge in [-0.15, -0.1) is 0 Å². The van der Waals surface area contributed by atoms with E-state index in [9.17, 15) is 18.3 Å². The highest BCUT2D eigenvalue weighted by Crippen LogP contribution is 2.30. The van der Waals surface area contributed by atoms with E-state index in [2.05, 4.69) is 0 Å². The number of benzene rings is 1. The van der Waals surface area contributed by atoms with E-state index in [0.717, 1.165) is 4.90 Å². The summed E-state index contributed by atoms with van der Waals surface area (Å²) in [5.74, 6) is 0. The van der Waals surface area contributed by atoms with Gasteiger partial charge in [0.1, 0.15) is 6.54 Å². The molecule has 1 atom stereocenters. The van der Waals surface area contributed by atoms with Crippen molar-refractivity contribution in [3.63, 3.8) is 0 Å². The molecule has 0 unspecified atom stereocenters. The minimum atomic E-state index is -4.34. The van der Waals surface area contributed by atoms with E-state index in [1.165, 1.54) is 25.1 Å². The SMILES string of the molecule is CCN(CC(F)(F)F)c1cc(C#N)ccc1[C@@H](C)O. The molecule has 1 N–H and O–H groups in total. The van der Waals surface area contributed by atoms with Crippen molar-refractivity contribution in [3.8, 4) is 6.07 Å². The van der Waals surface area contributed by atoms with Gasteiger partial charge < -0.3 is 10.0 Å². The second-order valence-corrected chi connectivity index (χ2v) is 4.19. The Labute approximate surface area is 109 Å².